The molecule has 0 aliphatic carbocycles. The zero-order valence-electron chi connectivity index (χ0n) is 5.64. The van der Waals surface area contributed by atoms with Gasteiger partial charge in [0, 0.05) is 10.2 Å². The van der Waals surface area contributed by atoms with Crippen molar-refractivity contribution in [3.8, 4) is 0 Å². The van der Waals surface area contributed by atoms with Gasteiger partial charge in [-0.1, -0.05) is 35.5 Å². The number of benzene rings is 1. The summed E-state index contributed by atoms with van der Waals surface area (Å²) in [6, 6.07) is 10.5. The summed E-state index contributed by atoms with van der Waals surface area (Å²) in [5.74, 6) is 0. The summed E-state index contributed by atoms with van der Waals surface area (Å²) >= 11 is 0. The Morgan fingerprint density at radius 1 is 0.900 bits per heavy atom. The van der Waals surface area contributed by atoms with Crippen molar-refractivity contribution >= 4 is 15.4 Å². The second kappa shape index (κ2) is 9.73. The first-order chi connectivity index (χ1) is 3.39. The van der Waals surface area contributed by atoms with Gasteiger partial charge in [-0.15, -0.1) is 0 Å². The van der Waals surface area contributed by atoms with E-state index in [2.05, 4.69) is 24.3 Å². The van der Waals surface area contributed by atoms with Crippen LogP contribution in [-0.4, -0.2) is 10.2 Å². The second-order valence-electron chi connectivity index (χ2n) is 1.65. The van der Waals surface area contributed by atoms with Crippen LogP contribution in [0.25, 0.3) is 0 Å². The van der Waals surface area contributed by atoms with Gasteiger partial charge in [-0.3, -0.25) is 0 Å². The number of hydrogen-bond donors (Lipinski definition) is 0. The van der Waals surface area contributed by atoms with Crippen LogP contribution in [0.4, 0.5) is 0 Å². The largest absolute Gasteiger partial charge is 2.00 e. The minimum atomic E-state index is 0. The minimum Gasteiger partial charge on any atom is -1.00 e. The second-order valence-corrected chi connectivity index (χ2v) is 2.81. The third kappa shape index (κ3) is 6.85. The molecule has 0 aliphatic heterocycles. The van der Waals surface area contributed by atoms with Gasteiger partial charge >= 0.3 is 21.7 Å². The Morgan fingerprint density at radius 3 is 1.50 bits per heavy atom. The maximum atomic E-state index is 2.15. The molecular weight excluding hydrogens is 219 g/mol. The van der Waals surface area contributed by atoms with Crippen LogP contribution in [-0.2, 0) is 21.7 Å². The molecule has 1 rings (SSSR count). The molecule has 0 bridgehead atoms. The maximum Gasteiger partial charge on any atom is 2.00 e. The van der Waals surface area contributed by atoms with Gasteiger partial charge in [-0.25, -0.2) is 0 Å². The Kier molecular flexibility index (Phi) is 16.5. The molecule has 0 heterocycles. The molecule has 4 heteroatoms. The van der Waals surface area contributed by atoms with Gasteiger partial charge < -0.3 is 24.8 Å². The first kappa shape index (κ1) is 17.0. The molecule has 54 valence electrons. The minimum absolute atomic E-state index is 0. The van der Waals surface area contributed by atoms with Crippen molar-refractivity contribution in [3.63, 3.8) is 0 Å². The van der Waals surface area contributed by atoms with Crippen molar-refractivity contribution in [1.29, 1.82) is 0 Å². The van der Waals surface area contributed by atoms with E-state index in [4.69, 9.17) is 0 Å². The summed E-state index contributed by atoms with van der Waals surface area (Å²) < 4.78 is 0. The predicted molar refractivity (Wildman–Crippen MR) is 36.0 cm³/mol. The zero-order valence-corrected chi connectivity index (χ0v) is 10.7. The average Bonchev–Trinajstić information content (AvgIpc) is 1.69. The van der Waals surface area contributed by atoms with Crippen LogP contribution in [0.3, 0.4) is 0 Å². The van der Waals surface area contributed by atoms with Crippen LogP contribution in [0.1, 0.15) is 0 Å². The molecule has 1 aromatic carbocycles. The monoisotopic (exact) mass is 226 g/mol. The first-order valence-corrected chi connectivity index (χ1v) is 3.41. The van der Waals surface area contributed by atoms with Crippen LogP contribution in [0.2, 0.25) is 0 Å². The quantitative estimate of drug-likeness (QED) is 0.387. The van der Waals surface area contributed by atoms with Crippen molar-refractivity contribution in [2.45, 2.75) is 0 Å². The molecule has 0 saturated heterocycles. The molecule has 1 aromatic rings. The van der Waals surface area contributed by atoms with E-state index in [1.807, 2.05) is 6.07 Å². The summed E-state index contributed by atoms with van der Waals surface area (Å²) in [6.45, 7) is 0. The molecular formula is C6H8Cl2SiTi. The van der Waals surface area contributed by atoms with Crippen molar-refractivity contribution in [3.05, 3.63) is 30.3 Å². The normalized spacial score (nSPS) is 6.40. The van der Waals surface area contributed by atoms with Crippen molar-refractivity contribution in [2.75, 3.05) is 0 Å². The average molecular weight is 227 g/mol. The molecule has 0 amide bonds. The SMILES string of the molecule is [Cl-].[Cl-].[SiH3]c1ccccc1.[Ti+2]. The molecule has 0 fully saturated rings. The van der Waals surface area contributed by atoms with E-state index in [0.717, 1.165) is 0 Å². The van der Waals surface area contributed by atoms with Crippen LogP contribution in [0, 0.1) is 0 Å². The van der Waals surface area contributed by atoms with Crippen LogP contribution < -0.4 is 30.0 Å². The molecule has 0 radical (unpaired) electrons. The molecule has 10 heavy (non-hydrogen) atoms. The third-order valence-electron chi connectivity index (χ3n) is 0.940. The van der Waals surface area contributed by atoms with Gasteiger partial charge in [-0.2, -0.15) is 0 Å². The maximum absolute atomic E-state index is 2.15. The smallest absolute Gasteiger partial charge is 1.00 e. The summed E-state index contributed by atoms with van der Waals surface area (Å²) in [5, 5.41) is 1.46. The van der Waals surface area contributed by atoms with Gasteiger partial charge in [0.2, 0.25) is 0 Å². The summed E-state index contributed by atoms with van der Waals surface area (Å²) in [7, 11) is 1.17. The van der Waals surface area contributed by atoms with Crippen LogP contribution in [0.5, 0.6) is 0 Å². The van der Waals surface area contributed by atoms with Gasteiger partial charge in [0.1, 0.15) is 0 Å². The van der Waals surface area contributed by atoms with Crippen molar-refractivity contribution in [1.82, 2.24) is 0 Å². The zero-order chi connectivity index (χ0) is 5.11. The van der Waals surface area contributed by atoms with Crippen molar-refractivity contribution in [2.24, 2.45) is 0 Å². The summed E-state index contributed by atoms with van der Waals surface area (Å²) in [6.07, 6.45) is 0. The fourth-order valence-corrected chi connectivity index (χ4v) is 0.919. The van der Waals surface area contributed by atoms with E-state index in [1.165, 1.54) is 15.4 Å². The Morgan fingerprint density at radius 2 is 1.30 bits per heavy atom. The Bertz CT molecular complexity index is 146. The first-order valence-electron chi connectivity index (χ1n) is 2.41. The number of halogens is 2. The van der Waals surface area contributed by atoms with E-state index >= 15 is 0 Å². The number of rotatable bonds is 0. The van der Waals surface area contributed by atoms with E-state index < -0.39 is 0 Å². The van der Waals surface area contributed by atoms with Gasteiger partial charge in [-0.05, 0) is 0 Å². The molecule has 0 unspecified atom stereocenters. The molecule has 0 saturated carbocycles. The molecule has 0 N–H and O–H groups in total. The fourth-order valence-electron chi connectivity index (χ4n) is 0.534. The predicted octanol–water partition coefficient (Wildman–Crippen LogP) is -6.32. The fraction of sp³-hybridized carbons (Fsp3) is 0. The molecule has 0 nitrogen and oxygen atoms in total. The topological polar surface area (TPSA) is 0 Å². The molecule has 0 atom stereocenters. The van der Waals surface area contributed by atoms with Crippen LogP contribution in [0.15, 0.2) is 30.3 Å². The van der Waals surface area contributed by atoms with E-state index in [9.17, 15) is 0 Å². The Balaban J connectivity index is -0.000000163. The standard InChI is InChI=1S/C6H8Si.2ClH.Ti/c7-6-4-2-1-3-5-6;;;/h1-5H,7H3;2*1H;/q;;;+2/p-2. The van der Waals surface area contributed by atoms with Crippen LogP contribution >= 0.6 is 0 Å². The van der Waals surface area contributed by atoms with Crippen molar-refractivity contribution < 1.29 is 46.5 Å². The third-order valence-corrected chi connectivity index (χ3v) is 1.61. The molecule has 0 aromatic heterocycles. The number of hydrogen-bond acceptors (Lipinski definition) is 0. The van der Waals surface area contributed by atoms with Gasteiger partial charge in [0.25, 0.3) is 0 Å². The van der Waals surface area contributed by atoms with E-state index in [0.29, 0.717) is 0 Å². The summed E-state index contributed by atoms with van der Waals surface area (Å²) in [4.78, 5) is 0. The summed E-state index contributed by atoms with van der Waals surface area (Å²) in [5.41, 5.74) is 0. The molecule has 0 aliphatic rings. The van der Waals surface area contributed by atoms with E-state index in [1.54, 1.807) is 0 Å². The Labute approximate surface area is 91.9 Å². The van der Waals surface area contributed by atoms with Gasteiger partial charge in [0.05, 0.1) is 0 Å². The van der Waals surface area contributed by atoms with E-state index in [-0.39, 0.29) is 46.5 Å². The van der Waals surface area contributed by atoms with Gasteiger partial charge in [0.15, 0.2) is 0 Å². The Hall–Kier alpha value is 0.731. The molecule has 0 spiro atoms.